The lowest BCUT2D eigenvalue weighted by molar-refractivity contribution is 0.337. The molecule has 4 heteroatoms. The third kappa shape index (κ3) is 2.23. The van der Waals surface area contributed by atoms with Crippen LogP contribution in [0.3, 0.4) is 0 Å². The molecule has 0 unspecified atom stereocenters. The zero-order valence-electron chi connectivity index (χ0n) is 12.6. The maximum atomic E-state index is 6.26. The normalized spacial score (nSPS) is 11.0. The van der Waals surface area contributed by atoms with Crippen LogP contribution in [-0.4, -0.2) is 16.0 Å². The van der Waals surface area contributed by atoms with Gasteiger partial charge in [-0.1, -0.05) is 6.07 Å². The predicted molar refractivity (Wildman–Crippen MR) is 85.7 cm³/mol. The third-order valence-electron chi connectivity index (χ3n) is 3.64. The molecular weight excluding hydrogens is 262 g/mol. The first-order chi connectivity index (χ1) is 10.1. The molecule has 0 aliphatic carbocycles. The molecule has 0 saturated heterocycles. The summed E-state index contributed by atoms with van der Waals surface area (Å²) in [5, 5.41) is 0. The highest BCUT2D eigenvalue weighted by Gasteiger charge is 2.15. The lowest BCUT2D eigenvalue weighted by Crippen LogP contribution is -1.98. The number of aryl methyl sites for hydroxylation is 2. The molecule has 0 saturated carbocycles. The second-order valence-electron chi connectivity index (χ2n) is 5.14. The lowest BCUT2D eigenvalue weighted by atomic mass is 10.0. The molecule has 0 radical (unpaired) electrons. The largest absolute Gasteiger partial charge is 0.494 e. The van der Waals surface area contributed by atoms with Crippen LogP contribution >= 0.6 is 0 Å². The molecule has 108 valence electrons. The summed E-state index contributed by atoms with van der Waals surface area (Å²) in [6.45, 7) is 6.75. The number of hydrogen-bond acceptors (Lipinski definition) is 3. The SMILES string of the molecule is CCOc1cc(C)c(-c2nc3ccccn3c2N)cc1C. The van der Waals surface area contributed by atoms with Gasteiger partial charge in [-0.05, 0) is 56.2 Å². The topological polar surface area (TPSA) is 52.5 Å². The van der Waals surface area contributed by atoms with Crippen molar-refractivity contribution in [1.29, 1.82) is 0 Å². The van der Waals surface area contributed by atoms with E-state index in [1.54, 1.807) is 0 Å². The van der Waals surface area contributed by atoms with E-state index >= 15 is 0 Å². The van der Waals surface area contributed by atoms with Gasteiger partial charge < -0.3 is 10.5 Å². The summed E-state index contributed by atoms with van der Waals surface area (Å²) in [5.41, 5.74) is 11.2. The van der Waals surface area contributed by atoms with E-state index in [4.69, 9.17) is 10.5 Å². The minimum absolute atomic E-state index is 0.663. The fraction of sp³-hybridized carbons (Fsp3) is 0.235. The van der Waals surface area contributed by atoms with Crippen LogP contribution in [0.4, 0.5) is 5.82 Å². The van der Waals surface area contributed by atoms with Crippen molar-refractivity contribution < 1.29 is 4.74 Å². The first-order valence-corrected chi connectivity index (χ1v) is 7.08. The Kier molecular flexibility index (Phi) is 3.29. The minimum atomic E-state index is 0.663. The molecule has 0 aliphatic heterocycles. The minimum Gasteiger partial charge on any atom is -0.494 e. The molecule has 0 fully saturated rings. The molecule has 2 heterocycles. The first-order valence-electron chi connectivity index (χ1n) is 7.08. The van der Waals surface area contributed by atoms with Gasteiger partial charge in [-0.15, -0.1) is 0 Å². The number of ether oxygens (including phenoxy) is 1. The third-order valence-corrected chi connectivity index (χ3v) is 3.64. The van der Waals surface area contributed by atoms with Crippen molar-refractivity contribution in [3.05, 3.63) is 47.7 Å². The van der Waals surface area contributed by atoms with Crippen molar-refractivity contribution >= 4 is 11.5 Å². The van der Waals surface area contributed by atoms with E-state index in [1.165, 1.54) is 0 Å². The summed E-state index contributed by atoms with van der Waals surface area (Å²) in [6, 6.07) is 10.0. The Labute approximate surface area is 124 Å². The van der Waals surface area contributed by atoms with Crippen molar-refractivity contribution in [2.75, 3.05) is 12.3 Å². The Balaban J connectivity index is 2.18. The van der Waals surface area contributed by atoms with E-state index in [0.29, 0.717) is 12.4 Å². The zero-order chi connectivity index (χ0) is 15.0. The van der Waals surface area contributed by atoms with Gasteiger partial charge in [0, 0.05) is 11.8 Å². The van der Waals surface area contributed by atoms with E-state index in [0.717, 1.165) is 33.8 Å². The maximum Gasteiger partial charge on any atom is 0.139 e. The maximum absolute atomic E-state index is 6.26. The van der Waals surface area contributed by atoms with E-state index in [1.807, 2.05) is 42.6 Å². The van der Waals surface area contributed by atoms with Crippen LogP contribution < -0.4 is 10.5 Å². The average Bonchev–Trinajstić information content (AvgIpc) is 2.80. The van der Waals surface area contributed by atoms with Gasteiger partial charge in [0.2, 0.25) is 0 Å². The molecule has 0 spiro atoms. The Morgan fingerprint density at radius 2 is 2.00 bits per heavy atom. The van der Waals surface area contributed by atoms with E-state index < -0.39 is 0 Å². The second-order valence-corrected chi connectivity index (χ2v) is 5.14. The molecule has 3 rings (SSSR count). The summed E-state index contributed by atoms with van der Waals surface area (Å²) in [6.07, 6.45) is 1.93. The summed E-state index contributed by atoms with van der Waals surface area (Å²) in [7, 11) is 0. The van der Waals surface area contributed by atoms with Crippen LogP contribution in [0.25, 0.3) is 16.9 Å². The second kappa shape index (κ2) is 5.13. The number of benzene rings is 1. The summed E-state index contributed by atoms with van der Waals surface area (Å²) < 4.78 is 7.54. The molecule has 2 N–H and O–H groups in total. The summed E-state index contributed by atoms with van der Waals surface area (Å²) in [5.74, 6) is 1.58. The molecule has 2 aromatic heterocycles. The summed E-state index contributed by atoms with van der Waals surface area (Å²) >= 11 is 0. The van der Waals surface area contributed by atoms with Crippen molar-refractivity contribution in [2.24, 2.45) is 0 Å². The van der Waals surface area contributed by atoms with Gasteiger partial charge in [-0.25, -0.2) is 4.98 Å². The van der Waals surface area contributed by atoms with Gasteiger partial charge in [0.1, 0.15) is 22.9 Å². The number of imidazole rings is 1. The number of aromatic nitrogens is 2. The average molecular weight is 281 g/mol. The highest BCUT2D eigenvalue weighted by atomic mass is 16.5. The highest BCUT2D eigenvalue weighted by Crippen LogP contribution is 2.33. The van der Waals surface area contributed by atoms with Crippen LogP contribution in [0, 0.1) is 13.8 Å². The number of anilines is 1. The van der Waals surface area contributed by atoms with Crippen molar-refractivity contribution in [3.8, 4) is 17.0 Å². The number of nitrogen functional groups attached to an aromatic ring is 1. The fourth-order valence-corrected chi connectivity index (χ4v) is 2.57. The predicted octanol–water partition coefficient (Wildman–Crippen LogP) is 3.60. The molecule has 21 heavy (non-hydrogen) atoms. The monoisotopic (exact) mass is 281 g/mol. The van der Waals surface area contributed by atoms with Crippen molar-refractivity contribution in [3.63, 3.8) is 0 Å². The zero-order valence-corrected chi connectivity index (χ0v) is 12.6. The van der Waals surface area contributed by atoms with Crippen molar-refractivity contribution in [2.45, 2.75) is 20.8 Å². The Morgan fingerprint density at radius 3 is 2.71 bits per heavy atom. The van der Waals surface area contributed by atoms with Gasteiger partial charge in [0.15, 0.2) is 0 Å². The standard InChI is InChI=1S/C17H19N3O/c1-4-21-14-10-11(2)13(9-12(14)3)16-17(18)20-8-6-5-7-15(20)19-16/h5-10H,4,18H2,1-3H3. The molecule has 0 bridgehead atoms. The number of pyridine rings is 1. The lowest BCUT2D eigenvalue weighted by Gasteiger charge is -2.11. The number of rotatable bonds is 3. The summed E-state index contributed by atoms with van der Waals surface area (Å²) in [4.78, 5) is 4.66. The number of nitrogens with two attached hydrogens (primary N) is 1. The quantitative estimate of drug-likeness (QED) is 0.798. The van der Waals surface area contributed by atoms with Gasteiger partial charge in [-0.3, -0.25) is 4.40 Å². The van der Waals surface area contributed by atoms with Gasteiger partial charge in [0.05, 0.1) is 6.61 Å². The van der Waals surface area contributed by atoms with Crippen LogP contribution in [0.15, 0.2) is 36.5 Å². The molecule has 4 nitrogen and oxygen atoms in total. The van der Waals surface area contributed by atoms with E-state index in [2.05, 4.69) is 24.0 Å². The van der Waals surface area contributed by atoms with Crippen LogP contribution in [-0.2, 0) is 0 Å². The van der Waals surface area contributed by atoms with E-state index in [-0.39, 0.29) is 0 Å². The number of hydrogen-bond donors (Lipinski definition) is 1. The Morgan fingerprint density at radius 1 is 1.19 bits per heavy atom. The molecule has 0 atom stereocenters. The smallest absolute Gasteiger partial charge is 0.139 e. The molecule has 3 aromatic rings. The molecular formula is C17H19N3O. The first kappa shape index (κ1) is 13.5. The van der Waals surface area contributed by atoms with Crippen LogP contribution in [0.1, 0.15) is 18.1 Å². The highest BCUT2D eigenvalue weighted by molar-refractivity contribution is 5.78. The fourth-order valence-electron chi connectivity index (χ4n) is 2.57. The van der Waals surface area contributed by atoms with E-state index in [9.17, 15) is 0 Å². The molecule has 0 aliphatic rings. The molecule has 0 amide bonds. The number of fused-ring (bicyclic) bond motifs is 1. The van der Waals surface area contributed by atoms with Gasteiger partial charge in [-0.2, -0.15) is 0 Å². The number of nitrogens with zero attached hydrogens (tertiary/aromatic N) is 2. The Hall–Kier alpha value is -2.49. The van der Waals surface area contributed by atoms with Crippen LogP contribution in [0.2, 0.25) is 0 Å². The Bertz CT molecular complexity index is 805. The van der Waals surface area contributed by atoms with Gasteiger partial charge >= 0.3 is 0 Å². The van der Waals surface area contributed by atoms with Gasteiger partial charge in [0.25, 0.3) is 0 Å². The van der Waals surface area contributed by atoms with Crippen LogP contribution in [0.5, 0.6) is 5.75 Å². The molecule has 1 aromatic carbocycles. The van der Waals surface area contributed by atoms with Crippen molar-refractivity contribution in [1.82, 2.24) is 9.38 Å².